The van der Waals surface area contributed by atoms with E-state index in [-0.39, 0.29) is 18.2 Å². The molecule has 0 aromatic heterocycles. The van der Waals surface area contributed by atoms with Crippen LogP contribution in [0.25, 0.3) is 0 Å². The van der Waals surface area contributed by atoms with Crippen LogP contribution in [0.5, 0.6) is 0 Å². The fraction of sp³-hybridized carbons (Fsp3) is 0.545. The first-order valence-electron chi connectivity index (χ1n) is 5.06. The van der Waals surface area contributed by atoms with E-state index in [0.717, 1.165) is 5.57 Å². The minimum Gasteiger partial charge on any atom is -0.350 e. The number of allylic oxidation sites excluding steroid dienone is 2. The molecule has 1 saturated heterocycles. The maximum atomic E-state index is 8.57. The molecule has 0 spiro atoms. The zero-order chi connectivity index (χ0) is 10.7. The van der Waals surface area contributed by atoms with Gasteiger partial charge in [-0.1, -0.05) is 18.2 Å². The normalized spacial score (nSPS) is 31.3. The highest BCUT2D eigenvalue weighted by Crippen LogP contribution is 2.24. The zero-order valence-corrected chi connectivity index (χ0v) is 8.43. The summed E-state index contributed by atoms with van der Waals surface area (Å²) in [5.74, 6) is 0.0648. The number of nitriles is 1. The highest BCUT2D eigenvalue weighted by molar-refractivity contribution is 5.30. The van der Waals surface area contributed by atoms with Gasteiger partial charge in [-0.3, -0.25) is 0 Å². The van der Waals surface area contributed by atoms with Crippen molar-refractivity contribution in [3.05, 3.63) is 23.8 Å². The molecule has 0 saturated carbocycles. The minimum absolute atomic E-state index is 0.0648. The quantitative estimate of drug-likeness (QED) is 0.722. The second kappa shape index (κ2) is 4.58. The molecule has 2 unspecified atom stereocenters. The van der Waals surface area contributed by atoms with Gasteiger partial charge in [-0.05, 0) is 5.57 Å². The van der Waals surface area contributed by atoms with Crippen molar-refractivity contribution in [2.24, 2.45) is 11.7 Å². The molecular formula is C11H14N2O2. The van der Waals surface area contributed by atoms with Crippen LogP contribution in [0, 0.1) is 17.2 Å². The Hall–Kier alpha value is -1.15. The van der Waals surface area contributed by atoms with Crippen molar-refractivity contribution >= 4 is 0 Å². The van der Waals surface area contributed by atoms with E-state index >= 15 is 0 Å². The number of rotatable bonds is 2. The van der Waals surface area contributed by atoms with E-state index in [4.69, 9.17) is 20.5 Å². The first-order valence-corrected chi connectivity index (χ1v) is 5.06. The molecule has 0 aromatic rings. The van der Waals surface area contributed by atoms with Crippen LogP contribution in [-0.2, 0) is 9.47 Å². The molecule has 15 heavy (non-hydrogen) atoms. The van der Waals surface area contributed by atoms with Gasteiger partial charge in [0.2, 0.25) is 0 Å². The first kappa shape index (κ1) is 10.4. The molecule has 2 aliphatic rings. The third kappa shape index (κ3) is 2.26. The highest BCUT2D eigenvalue weighted by atomic mass is 16.7. The van der Waals surface area contributed by atoms with Gasteiger partial charge in [0.15, 0.2) is 6.29 Å². The molecule has 1 fully saturated rings. The van der Waals surface area contributed by atoms with Crippen molar-refractivity contribution < 1.29 is 9.47 Å². The number of hydrogen-bond donors (Lipinski definition) is 1. The standard InChI is InChI=1S/C11H14N2O2/c12-4-3-8-1-2-9(10(13)7-8)11-14-5-6-15-11/h1-2,7,9-11H,3,5-6,13H2. The maximum Gasteiger partial charge on any atom is 0.165 e. The number of ether oxygens (including phenoxy) is 2. The topological polar surface area (TPSA) is 68.3 Å². The summed E-state index contributed by atoms with van der Waals surface area (Å²) >= 11 is 0. The van der Waals surface area contributed by atoms with Gasteiger partial charge < -0.3 is 15.2 Å². The summed E-state index contributed by atoms with van der Waals surface area (Å²) in [5.41, 5.74) is 6.95. The van der Waals surface area contributed by atoms with Gasteiger partial charge in [-0.15, -0.1) is 0 Å². The fourth-order valence-electron chi connectivity index (χ4n) is 1.86. The summed E-state index contributed by atoms with van der Waals surface area (Å²) in [5, 5.41) is 8.57. The summed E-state index contributed by atoms with van der Waals surface area (Å²) < 4.78 is 10.8. The zero-order valence-electron chi connectivity index (χ0n) is 8.43. The lowest BCUT2D eigenvalue weighted by molar-refractivity contribution is -0.0730. The summed E-state index contributed by atoms with van der Waals surface area (Å²) in [7, 11) is 0. The Morgan fingerprint density at radius 1 is 1.47 bits per heavy atom. The third-order valence-corrected chi connectivity index (χ3v) is 2.63. The summed E-state index contributed by atoms with van der Waals surface area (Å²) in [6.07, 6.45) is 6.01. The molecule has 4 nitrogen and oxygen atoms in total. The van der Waals surface area contributed by atoms with Gasteiger partial charge in [0, 0.05) is 12.0 Å². The van der Waals surface area contributed by atoms with Crippen molar-refractivity contribution in [3.8, 4) is 6.07 Å². The van der Waals surface area contributed by atoms with Crippen LogP contribution in [0.2, 0.25) is 0 Å². The van der Waals surface area contributed by atoms with Gasteiger partial charge >= 0.3 is 0 Å². The number of hydrogen-bond acceptors (Lipinski definition) is 4. The molecule has 80 valence electrons. The summed E-state index contributed by atoms with van der Waals surface area (Å²) in [6.45, 7) is 1.27. The SMILES string of the molecule is N#CCC1=CC(N)C(C2OCCO2)C=C1. The van der Waals surface area contributed by atoms with Gasteiger partial charge in [0.05, 0.1) is 25.7 Å². The van der Waals surface area contributed by atoms with Crippen LogP contribution in [0.1, 0.15) is 6.42 Å². The lowest BCUT2D eigenvalue weighted by Crippen LogP contribution is -2.37. The van der Waals surface area contributed by atoms with Crippen LogP contribution in [0.4, 0.5) is 0 Å². The Labute approximate surface area is 89.0 Å². The van der Waals surface area contributed by atoms with Crippen molar-refractivity contribution in [2.75, 3.05) is 13.2 Å². The van der Waals surface area contributed by atoms with E-state index in [1.54, 1.807) is 0 Å². The Balaban J connectivity index is 2.01. The van der Waals surface area contributed by atoms with Crippen molar-refractivity contribution in [2.45, 2.75) is 18.8 Å². The lowest BCUT2D eigenvalue weighted by atomic mass is 9.91. The molecule has 1 heterocycles. The summed E-state index contributed by atoms with van der Waals surface area (Å²) in [4.78, 5) is 0. The highest BCUT2D eigenvalue weighted by Gasteiger charge is 2.30. The van der Waals surface area contributed by atoms with E-state index in [1.165, 1.54) is 0 Å². The third-order valence-electron chi connectivity index (χ3n) is 2.63. The molecule has 0 bridgehead atoms. The predicted octanol–water partition coefficient (Wildman–Crippen LogP) is 0.713. The van der Waals surface area contributed by atoms with Crippen molar-refractivity contribution in [1.29, 1.82) is 5.26 Å². The minimum atomic E-state index is -0.226. The Kier molecular flexibility index (Phi) is 3.17. The van der Waals surface area contributed by atoms with Crippen molar-refractivity contribution in [3.63, 3.8) is 0 Å². The van der Waals surface area contributed by atoms with Crippen LogP contribution < -0.4 is 5.73 Å². The molecule has 0 amide bonds. The van der Waals surface area contributed by atoms with E-state index < -0.39 is 0 Å². The Bertz CT molecular complexity index is 324. The maximum absolute atomic E-state index is 8.57. The van der Waals surface area contributed by atoms with Crippen LogP contribution in [-0.4, -0.2) is 25.5 Å². The van der Waals surface area contributed by atoms with Crippen LogP contribution in [0.15, 0.2) is 23.8 Å². The van der Waals surface area contributed by atoms with Gasteiger partial charge in [0.1, 0.15) is 0 Å². The van der Waals surface area contributed by atoms with E-state index in [1.807, 2.05) is 18.2 Å². The second-order valence-electron chi connectivity index (χ2n) is 3.70. The molecule has 1 aliphatic heterocycles. The van der Waals surface area contributed by atoms with E-state index in [2.05, 4.69) is 6.07 Å². The lowest BCUT2D eigenvalue weighted by Gasteiger charge is -2.26. The smallest absolute Gasteiger partial charge is 0.165 e. The van der Waals surface area contributed by atoms with Crippen molar-refractivity contribution in [1.82, 2.24) is 0 Å². The first-order chi connectivity index (χ1) is 7.31. The van der Waals surface area contributed by atoms with Gasteiger partial charge in [-0.2, -0.15) is 5.26 Å². The predicted molar refractivity (Wildman–Crippen MR) is 54.6 cm³/mol. The van der Waals surface area contributed by atoms with E-state index in [0.29, 0.717) is 19.6 Å². The average Bonchev–Trinajstić information content (AvgIpc) is 2.71. The van der Waals surface area contributed by atoms with E-state index in [9.17, 15) is 0 Å². The van der Waals surface area contributed by atoms with Gasteiger partial charge in [0.25, 0.3) is 0 Å². The molecule has 4 heteroatoms. The number of nitrogens with zero attached hydrogens (tertiary/aromatic N) is 1. The average molecular weight is 206 g/mol. The molecule has 2 N–H and O–H groups in total. The molecule has 0 aromatic carbocycles. The molecule has 2 rings (SSSR count). The second-order valence-corrected chi connectivity index (χ2v) is 3.70. The van der Waals surface area contributed by atoms with Gasteiger partial charge in [-0.25, -0.2) is 0 Å². The monoisotopic (exact) mass is 206 g/mol. The van der Waals surface area contributed by atoms with Crippen LogP contribution in [0.3, 0.4) is 0 Å². The Morgan fingerprint density at radius 2 is 2.20 bits per heavy atom. The fourth-order valence-corrected chi connectivity index (χ4v) is 1.86. The molecule has 0 radical (unpaired) electrons. The molecular weight excluding hydrogens is 192 g/mol. The largest absolute Gasteiger partial charge is 0.350 e. The summed E-state index contributed by atoms with van der Waals surface area (Å²) in [6, 6.07) is 1.98. The van der Waals surface area contributed by atoms with Crippen LogP contribution >= 0.6 is 0 Å². The number of nitrogens with two attached hydrogens (primary N) is 1. The Morgan fingerprint density at radius 3 is 2.80 bits per heavy atom. The molecule has 2 atom stereocenters. The molecule has 1 aliphatic carbocycles.